The zero-order valence-electron chi connectivity index (χ0n) is 49.2. The van der Waals surface area contributed by atoms with Crippen LogP contribution in [0.1, 0.15) is 84.7 Å². The summed E-state index contributed by atoms with van der Waals surface area (Å²) in [7, 11) is 0. The number of aromatic nitrogens is 4. The molecule has 32 heteroatoms. The van der Waals surface area contributed by atoms with E-state index in [1.165, 1.54) is 32.0 Å². The minimum absolute atomic E-state index is 0.0252. The molecule has 31 nitrogen and oxygen atoms in total. The number of aliphatic imine (C=N–C) groups is 1. The highest BCUT2D eigenvalue weighted by Gasteiger charge is 2.38. The number of carbonyl (C=O) groups is 11. The number of nitrogens with one attached hydrogen (secondary N) is 12. The highest BCUT2D eigenvalue weighted by Crippen LogP contribution is 2.13. The molecule has 474 valence electrons. The molecule has 10 amide bonds. The van der Waals surface area contributed by atoms with E-state index < -0.39 is 150 Å². The van der Waals surface area contributed by atoms with Crippen LogP contribution in [0.5, 0.6) is 0 Å². The molecule has 2 heterocycles. The van der Waals surface area contributed by atoms with Gasteiger partial charge in [0.15, 0.2) is 5.96 Å². The zero-order valence-corrected chi connectivity index (χ0v) is 50.1. The predicted molar refractivity (Wildman–Crippen MR) is 316 cm³/mol. The van der Waals surface area contributed by atoms with Gasteiger partial charge in [-0.1, -0.05) is 71.9 Å². The Kier molecular flexibility index (Phi) is 30.2. The number of thiol groups is 1. The number of rotatable bonds is 37. The number of aliphatic hydroxyl groups excluding tert-OH is 1. The second kappa shape index (κ2) is 36.3. The number of carboxylic acids is 1. The molecule has 0 aliphatic heterocycles. The largest absolute Gasteiger partial charge is 0.480 e. The molecule has 0 saturated carbocycles. The monoisotopic (exact) mass is 1220 g/mol. The van der Waals surface area contributed by atoms with Crippen LogP contribution < -0.4 is 70.4 Å². The van der Waals surface area contributed by atoms with Gasteiger partial charge >= 0.3 is 5.97 Å². The first-order valence-corrected chi connectivity index (χ1v) is 28.5. The quantitative estimate of drug-likeness (QED) is 0.0112. The van der Waals surface area contributed by atoms with Crippen molar-refractivity contribution in [2.75, 3.05) is 25.4 Å². The lowest BCUT2D eigenvalue weighted by atomic mass is 9.98. The molecule has 86 heavy (non-hydrogen) atoms. The van der Waals surface area contributed by atoms with E-state index in [9.17, 15) is 63.0 Å². The normalized spacial score (nSPS) is 14.7. The first-order valence-electron chi connectivity index (χ1n) is 27.9. The van der Waals surface area contributed by atoms with Gasteiger partial charge in [0.25, 0.3) is 0 Å². The maximum absolute atomic E-state index is 14.5. The summed E-state index contributed by atoms with van der Waals surface area (Å²) in [5, 5.41) is 46.0. The van der Waals surface area contributed by atoms with Gasteiger partial charge in [-0.15, -0.1) is 0 Å². The molecule has 0 spiro atoms. The third kappa shape index (κ3) is 24.9. The second-order valence-electron chi connectivity index (χ2n) is 21.4. The van der Waals surface area contributed by atoms with Gasteiger partial charge in [-0.25, -0.2) is 14.8 Å². The number of guanidine groups is 1. The Morgan fingerprint density at radius 1 is 0.570 bits per heavy atom. The number of aliphatic hydroxyl groups is 1. The number of carbonyl (C=O) groups excluding carboxylic acids is 10. The first-order chi connectivity index (χ1) is 40.6. The van der Waals surface area contributed by atoms with Crippen molar-refractivity contribution in [1.29, 1.82) is 0 Å². The number of aromatic amines is 2. The summed E-state index contributed by atoms with van der Waals surface area (Å²) in [5.41, 5.74) is 17.5. The van der Waals surface area contributed by atoms with Gasteiger partial charge in [0, 0.05) is 55.3 Å². The minimum Gasteiger partial charge on any atom is -0.480 e. The van der Waals surface area contributed by atoms with Gasteiger partial charge in [0.2, 0.25) is 59.1 Å². The average molecular weight is 1230 g/mol. The van der Waals surface area contributed by atoms with Gasteiger partial charge in [0.05, 0.1) is 31.8 Å². The van der Waals surface area contributed by atoms with Crippen molar-refractivity contribution in [3.05, 3.63) is 72.3 Å². The van der Waals surface area contributed by atoms with Crippen LogP contribution in [0.25, 0.3) is 0 Å². The summed E-state index contributed by atoms with van der Waals surface area (Å²) in [6.45, 7) is 10.4. The molecule has 10 atom stereocenters. The van der Waals surface area contributed by atoms with Crippen LogP contribution in [0.4, 0.5) is 0 Å². The van der Waals surface area contributed by atoms with Crippen molar-refractivity contribution in [1.82, 2.24) is 73.1 Å². The van der Waals surface area contributed by atoms with Crippen molar-refractivity contribution in [2.45, 2.75) is 147 Å². The van der Waals surface area contributed by atoms with Gasteiger partial charge in [-0.3, -0.25) is 52.9 Å². The number of hydrogen-bond donors (Lipinski definition) is 18. The number of benzene rings is 1. The highest BCUT2D eigenvalue weighted by molar-refractivity contribution is 7.80. The van der Waals surface area contributed by atoms with E-state index >= 15 is 0 Å². The Morgan fingerprint density at radius 2 is 1.01 bits per heavy atom. The van der Waals surface area contributed by atoms with E-state index in [0.29, 0.717) is 17.0 Å². The molecule has 0 fully saturated rings. The van der Waals surface area contributed by atoms with Gasteiger partial charge < -0.3 is 90.5 Å². The van der Waals surface area contributed by atoms with E-state index in [-0.39, 0.29) is 62.7 Å². The number of nitrogens with zero attached hydrogens (tertiary/aromatic N) is 3. The molecule has 0 unspecified atom stereocenters. The topological polar surface area (TPSA) is 496 Å². The Morgan fingerprint density at radius 3 is 1.48 bits per heavy atom. The number of aliphatic carboxylic acids is 1. The van der Waals surface area contributed by atoms with E-state index in [4.69, 9.17) is 17.2 Å². The van der Waals surface area contributed by atoms with Crippen molar-refractivity contribution >= 4 is 83.6 Å². The lowest BCUT2D eigenvalue weighted by molar-refractivity contribution is -0.143. The molecule has 20 N–H and O–H groups in total. The summed E-state index contributed by atoms with van der Waals surface area (Å²) in [6, 6.07) is -4.30. The van der Waals surface area contributed by atoms with Crippen molar-refractivity contribution in [2.24, 2.45) is 39.9 Å². The summed E-state index contributed by atoms with van der Waals surface area (Å²) < 4.78 is 0. The van der Waals surface area contributed by atoms with Crippen molar-refractivity contribution < 1.29 is 63.0 Å². The molecular weight excluding hydrogens is 1140 g/mol. The lowest BCUT2D eigenvalue weighted by Crippen LogP contribution is -2.62. The Labute approximate surface area is 503 Å². The fourth-order valence-electron chi connectivity index (χ4n) is 8.43. The number of amides is 10. The van der Waals surface area contributed by atoms with E-state index in [2.05, 4.69) is 90.7 Å². The maximum atomic E-state index is 14.5. The third-order valence-electron chi connectivity index (χ3n) is 13.1. The highest BCUT2D eigenvalue weighted by atomic mass is 32.1. The zero-order chi connectivity index (χ0) is 64.2. The van der Waals surface area contributed by atoms with Gasteiger partial charge in [-0.05, 0) is 49.5 Å². The SMILES string of the molecule is CC(C)C[C@H](NC(=O)[C@H](CCCN=C(N)N)NC(=O)[C@@H](NC(=O)[C@@H](NC(=O)[C@H](Cc1cnc[nH]1)NC(=O)[C@H](Cc1cnc[nH]1)NC(=O)[C@H](CS)NC(=O)[C@@H](NC(=O)[C@H](Cc1ccccc1)NC(=O)CNC(=O)CN)[C@@H](C)O)C(C)C)C(C)C)C(=O)O. The molecule has 0 aliphatic rings. The third-order valence-corrected chi connectivity index (χ3v) is 13.4. The van der Waals surface area contributed by atoms with Crippen LogP contribution in [0.2, 0.25) is 0 Å². The number of hydrogen-bond acceptors (Lipinski definition) is 17. The number of imidazole rings is 2. The molecule has 0 radical (unpaired) electrons. The van der Waals surface area contributed by atoms with Crippen molar-refractivity contribution in [3.8, 4) is 0 Å². The average Bonchev–Trinajstić information content (AvgIpc) is 4.34. The standard InChI is InChI=1S/C54H84N18O13S/c1-27(2)16-38(53(84)85)68-45(76)34(14-11-15-60-54(56)57)65-50(81)42(28(3)4)71-51(82)43(29(5)6)70-48(79)37(19-33-22-59-26-63-33)66-46(77)36(18-32-21-58-25-62-32)67-49(80)39(24-86)69-52(83)44(30(7)73)72-47(78)35(17-31-12-9-8-10-13-31)64-41(75)23-61-40(74)20-55/h8-10,12-13,21-22,25-30,34-39,42-44,73,86H,11,14-20,23-24,55H2,1-7H3,(H,58,62)(H,59,63)(H,61,74)(H,64,75)(H,65,81)(H,66,77)(H,67,80)(H,68,76)(H,69,83)(H,70,79)(H,71,82)(H,72,78)(H,84,85)(H4,56,57,60)/t30-,34+,35+,36+,37+,38+,39+,42+,43+,44+/m1/s1. The van der Waals surface area contributed by atoms with Crippen LogP contribution in [0.3, 0.4) is 0 Å². The van der Waals surface area contributed by atoms with Crippen molar-refractivity contribution in [3.63, 3.8) is 0 Å². The van der Waals surface area contributed by atoms with Crippen LogP contribution in [0.15, 0.2) is 60.4 Å². The molecule has 0 bridgehead atoms. The smallest absolute Gasteiger partial charge is 0.326 e. The van der Waals surface area contributed by atoms with Crippen LogP contribution in [0, 0.1) is 17.8 Å². The fourth-order valence-corrected chi connectivity index (χ4v) is 8.69. The molecule has 3 aromatic rings. The van der Waals surface area contributed by atoms with E-state index in [1.54, 1.807) is 71.9 Å². The van der Waals surface area contributed by atoms with Crippen LogP contribution in [-0.2, 0) is 72.0 Å². The first kappa shape index (κ1) is 71.6. The predicted octanol–water partition coefficient (Wildman–Crippen LogP) is -4.59. The summed E-state index contributed by atoms with van der Waals surface area (Å²) in [4.78, 5) is 167. The summed E-state index contributed by atoms with van der Waals surface area (Å²) in [5.74, 6) is -11.8. The Bertz CT molecular complexity index is 2750. The molecule has 0 saturated heterocycles. The fraction of sp³-hybridized carbons (Fsp3) is 0.556. The molecular formula is C54H84N18O13S. The summed E-state index contributed by atoms with van der Waals surface area (Å²) >= 11 is 4.27. The van der Waals surface area contributed by atoms with Gasteiger partial charge in [0.1, 0.15) is 54.4 Å². The molecule has 0 aliphatic carbocycles. The maximum Gasteiger partial charge on any atom is 0.326 e. The molecule has 1 aromatic carbocycles. The Balaban J connectivity index is 1.87. The second-order valence-corrected chi connectivity index (χ2v) is 21.8. The molecule has 3 rings (SSSR count). The van der Waals surface area contributed by atoms with E-state index in [0.717, 1.165) is 0 Å². The lowest BCUT2D eigenvalue weighted by Gasteiger charge is -2.30. The number of H-pyrrole nitrogens is 2. The van der Waals surface area contributed by atoms with Crippen LogP contribution in [-0.4, -0.2) is 187 Å². The number of nitrogens with two attached hydrogens (primary N) is 3. The van der Waals surface area contributed by atoms with Crippen LogP contribution >= 0.6 is 12.6 Å². The molecule has 2 aromatic heterocycles. The summed E-state index contributed by atoms with van der Waals surface area (Å²) in [6.07, 6.45) is 3.53. The van der Waals surface area contributed by atoms with Gasteiger partial charge in [-0.2, -0.15) is 12.6 Å². The van der Waals surface area contributed by atoms with E-state index in [1.807, 2.05) is 0 Å². The number of carboxylic acid groups (broad SMARTS) is 1. The minimum atomic E-state index is -1.72. The Hall–Kier alpha value is -8.65.